The lowest BCUT2D eigenvalue weighted by Gasteiger charge is -2.43. The van der Waals surface area contributed by atoms with Crippen molar-refractivity contribution in [1.82, 2.24) is 0 Å². The molecule has 1 aromatic carbocycles. The molecule has 1 aliphatic heterocycles. The fraction of sp³-hybridized carbons (Fsp3) is 0.556. The fourth-order valence-electron chi connectivity index (χ4n) is 2.76. The first kappa shape index (κ1) is 19.2. The van der Waals surface area contributed by atoms with E-state index in [9.17, 15) is 14.0 Å². The molecular weight excluding hydrogens is 331 g/mol. The van der Waals surface area contributed by atoms with Gasteiger partial charge in [0.05, 0.1) is 6.10 Å². The second-order valence-corrected chi connectivity index (χ2v) is 6.19. The number of halogens is 1. The summed E-state index contributed by atoms with van der Waals surface area (Å²) in [5.41, 5.74) is 0. The van der Waals surface area contributed by atoms with Crippen LogP contribution in [0, 0.1) is 17.7 Å². The van der Waals surface area contributed by atoms with E-state index in [0.717, 1.165) is 0 Å². The van der Waals surface area contributed by atoms with Crippen molar-refractivity contribution in [3.8, 4) is 5.75 Å². The number of para-hydroxylation sites is 1. The number of carbonyl (C=O) groups is 2. The summed E-state index contributed by atoms with van der Waals surface area (Å²) in [6.07, 6.45) is -2.17. The second kappa shape index (κ2) is 8.29. The molecule has 1 aliphatic rings. The van der Waals surface area contributed by atoms with Gasteiger partial charge in [-0.1, -0.05) is 26.0 Å². The third-order valence-electron chi connectivity index (χ3n) is 4.34. The minimum Gasteiger partial charge on any atom is -0.463 e. The average Bonchev–Trinajstić information content (AvgIpc) is 2.54. The molecule has 0 N–H and O–H groups in total. The van der Waals surface area contributed by atoms with Gasteiger partial charge in [0.2, 0.25) is 6.29 Å². The van der Waals surface area contributed by atoms with Crippen LogP contribution in [0.1, 0.15) is 27.7 Å². The van der Waals surface area contributed by atoms with Crippen LogP contribution >= 0.6 is 0 Å². The Morgan fingerprint density at radius 3 is 2.40 bits per heavy atom. The summed E-state index contributed by atoms with van der Waals surface area (Å²) in [5.74, 6) is -1.65. The molecule has 0 aromatic heterocycles. The predicted molar refractivity (Wildman–Crippen MR) is 86.2 cm³/mol. The van der Waals surface area contributed by atoms with Crippen molar-refractivity contribution in [2.45, 2.75) is 46.2 Å². The largest absolute Gasteiger partial charge is 0.463 e. The molecule has 6 nitrogen and oxygen atoms in total. The van der Waals surface area contributed by atoms with Gasteiger partial charge in [-0.25, -0.2) is 4.39 Å². The first-order valence-electron chi connectivity index (χ1n) is 8.16. The zero-order valence-corrected chi connectivity index (χ0v) is 14.7. The highest BCUT2D eigenvalue weighted by Crippen LogP contribution is 2.34. The Balaban J connectivity index is 2.21. The van der Waals surface area contributed by atoms with E-state index >= 15 is 0 Å². The molecule has 0 bridgehead atoms. The maximum Gasteiger partial charge on any atom is 0.303 e. The van der Waals surface area contributed by atoms with Crippen molar-refractivity contribution >= 4 is 11.9 Å². The van der Waals surface area contributed by atoms with Crippen molar-refractivity contribution in [2.75, 3.05) is 6.61 Å². The van der Waals surface area contributed by atoms with E-state index in [1.165, 1.54) is 26.0 Å². The van der Waals surface area contributed by atoms with Gasteiger partial charge in [0, 0.05) is 19.8 Å². The molecule has 0 radical (unpaired) electrons. The summed E-state index contributed by atoms with van der Waals surface area (Å²) < 4.78 is 35.8. The molecule has 138 valence electrons. The summed E-state index contributed by atoms with van der Waals surface area (Å²) in [4.78, 5) is 22.5. The molecule has 0 amide bonds. The van der Waals surface area contributed by atoms with Crippen LogP contribution in [0.3, 0.4) is 0 Å². The molecule has 1 aromatic rings. The second-order valence-electron chi connectivity index (χ2n) is 6.19. The average molecular weight is 354 g/mol. The quantitative estimate of drug-likeness (QED) is 0.757. The summed E-state index contributed by atoms with van der Waals surface area (Å²) in [7, 11) is 0. The lowest BCUT2D eigenvalue weighted by Crippen LogP contribution is -2.54. The summed E-state index contributed by atoms with van der Waals surface area (Å²) in [5, 5.41) is 0. The normalized spacial score (nSPS) is 28.9. The standard InChI is InChI=1S/C18H23FO6/c1-10-11(2)17(23-13(4)21)18(25-16(10)9-22-12(3)20)24-15-8-6-5-7-14(15)19/h5-8,10-11,16-18H,9H2,1-4H3/t10-,11-,16?,17?,18+/m0/s1. The zero-order valence-electron chi connectivity index (χ0n) is 14.7. The van der Waals surface area contributed by atoms with E-state index in [1.54, 1.807) is 12.1 Å². The molecule has 2 unspecified atom stereocenters. The molecule has 0 spiro atoms. The molecule has 1 saturated heterocycles. The smallest absolute Gasteiger partial charge is 0.303 e. The first-order chi connectivity index (χ1) is 11.8. The van der Waals surface area contributed by atoms with Crippen molar-refractivity contribution in [1.29, 1.82) is 0 Å². The van der Waals surface area contributed by atoms with Crippen LogP contribution in [0.4, 0.5) is 4.39 Å². The Labute approximate surface area is 146 Å². The summed E-state index contributed by atoms with van der Waals surface area (Å²) in [6, 6.07) is 5.90. The molecule has 1 fully saturated rings. The predicted octanol–water partition coefficient (Wildman–Crippen LogP) is 2.70. The fourth-order valence-corrected chi connectivity index (χ4v) is 2.76. The SMILES string of the molecule is CC(=O)OCC1O[C@@H](Oc2ccccc2F)C(OC(C)=O)[C@@H](C)[C@@H]1C. The van der Waals surface area contributed by atoms with Crippen LogP contribution in [0.25, 0.3) is 0 Å². The Bertz CT molecular complexity index is 617. The first-order valence-corrected chi connectivity index (χ1v) is 8.16. The topological polar surface area (TPSA) is 71.1 Å². The van der Waals surface area contributed by atoms with Gasteiger partial charge in [-0.15, -0.1) is 0 Å². The van der Waals surface area contributed by atoms with Gasteiger partial charge in [0.15, 0.2) is 17.7 Å². The van der Waals surface area contributed by atoms with Gasteiger partial charge >= 0.3 is 11.9 Å². The molecule has 5 atom stereocenters. The molecule has 0 saturated carbocycles. The van der Waals surface area contributed by atoms with Crippen LogP contribution in [0.15, 0.2) is 24.3 Å². The molecular formula is C18H23FO6. The van der Waals surface area contributed by atoms with Gasteiger partial charge in [0.25, 0.3) is 0 Å². The Morgan fingerprint density at radius 2 is 1.80 bits per heavy atom. The maximum atomic E-state index is 13.9. The third-order valence-corrected chi connectivity index (χ3v) is 4.34. The number of rotatable bonds is 5. The number of ether oxygens (including phenoxy) is 4. The number of benzene rings is 1. The number of hydrogen-bond acceptors (Lipinski definition) is 6. The van der Waals surface area contributed by atoms with Gasteiger partial charge in [-0.3, -0.25) is 9.59 Å². The van der Waals surface area contributed by atoms with E-state index < -0.39 is 36.3 Å². The Kier molecular flexibility index (Phi) is 6.36. The van der Waals surface area contributed by atoms with Crippen LogP contribution in [-0.4, -0.2) is 37.0 Å². The van der Waals surface area contributed by atoms with Gasteiger partial charge < -0.3 is 18.9 Å². The van der Waals surface area contributed by atoms with E-state index in [4.69, 9.17) is 18.9 Å². The number of carbonyl (C=O) groups excluding carboxylic acids is 2. The van der Waals surface area contributed by atoms with E-state index in [-0.39, 0.29) is 24.2 Å². The lowest BCUT2D eigenvalue weighted by molar-refractivity contribution is -0.253. The van der Waals surface area contributed by atoms with Crippen molar-refractivity contribution < 1.29 is 32.9 Å². The highest BCUT2D eigenvalue weighted by atomic mass is 19.1. The lowest BCUT2D eigenvalue weighted by atomic mass is 9.83. The molecule has 2 rings (SSSR count). The summed E-state index contributed by atoms with van der Waals surface area (Å²) in [6.45, 7) is 6.45. The number of esters is 2. The van der Waals surface area contributed by atoms with E-state index in [0.29, 0.717) is 0 Å². The van der Waals surface area contributed by atoms with Gasteiger partial charge in [-0.05, 0) is 18.1 Å². The van der Waals surface area contributed by atoms with Gasteiger partial charge in [0.1, 0.15) is 6.61 Å². The van der Waals surface area contributed by atoms with Crippen LogP contribution in [0.5, 0.6) is 5.75 Å². The molecule has 7 heteroatoms. The van der Waals surface area contributed by atoms with Crippen LogP contribution in [0.2, 0.25) is 0 Å². The molecule has 25 heavy (non-hydrogen) atoms. The Hall–Kier alpha value is -2.15. The molecule has 1 heterocycles. The van der Waals surface area contributed by atoms with Crippen LogP contribution in [-0.2, 0) is 23.8 Å². The highest BCUT2D eigenvalue weighted by molar-refractivity contribution is 5.66. The molecule has 0 aliphatic carbocycles. The monoisotopic (exact) mass is 354 g/mol. The maximum absolute atomic E-state index is 13.9. The zero-order chi connectivity index (χ0) is 18.6. The highest BCUT2D eigenvalue weighted by Gasteiger charge is 2.45. The van der Waals surface area contributed by atoms with E-state index in [1.807, 2.05) is 13.8 Å². The van der Waals surface area contributed by atoms with Crippen molar-refractivity contribution in [2.24, 2.45) is 11.8 Å². The minimum atomic E-state index is -1.01. The van der Waals surface area contributed by atoms with Crippen molar-refractivity contribution in [3.63, 3.8) is 0 Å². The van der Waals surface area contributed by atoms with Gasteiger partial charge in [-0.2, -0.15) is 0 Å². The van der Waals surface area contributed by atoms with E-state index in [2.05, 4.69) is 0 Å². The van der Waals surface area contributed by atoms with Crippen molar-refractivity contribution in [3.05, 3.63) is 30.1 Å². The minimum absolute atomic E-state index is 0.00218. The Morgan fingerprint density at radius 1 is 1.12 bits per heavy atom. The number of hydrogen-bond donors (Lipinski definition) is 0. The van der Waals surface area contributed by atoms with Crippen LogP contribution < -0.4 is 4.74 Å². The third kappa shape index (κ3) is 4.92. The summed E-state index contributed by atoms with van der Waals surface area (Å²) >= 11 is 0.